The number of esters is 1. The summed E-state index contributed by atoms with van der Waals surface area (Å²) in [4.78, 5) is 22.2. The number of nitro benzene ring substituents is 1. The second kappa shape index (κ2) is 7.58. The molecule has 0 heterocycles. The van der Waals surface area contributed by atoms with Crippen molar-refractivity contribution in [1.82, 2.24) is 5.32 Å². The number of likely N-dealkylation sites (N-methyl/N-ethyl adjacent to an activating group) is 1. The van der Waals surface area contributed by atoms with E-state index >= 15 is 0 Å². The molecule has 0 fully saturated rings. The van der Waals surface area contributed by atoms with Gasteiger partial charge in [0.1, 0.15) is 5.54 Å². The van der Waals surface area contributed by atoms with Crippen LogP contribution in [0.15, 0.2) is 24.3 Å². The Kier molecular flexibility index (Phi) is 6.10. The Morgan fingerprint density at radius 3 is 2.67 bits per heavy atom. The minimum absolute atomic E-state index is 0.0974. The van der Waals surface area contributed by atoms with Crippen molar-refractivity contribution in [2.24, 2.45) is 0 Å². The first kappa shape index (κ1) is 16.9. The zero-order valence-electron chi connectivity index (χ0n) is 12.4. The second-order valence-corrected chi connectivity index (χ2v) is 4.63. The molecule has 0 spiro atoms. The van der Waals surface area contributed by atoms with Crippen LogP contribution in [0.25, 0.3) is 0 Å². The molecule has 7 nitrogen and oxygen atoms in total. The highest BCUT2D eigenvalue weighted by Gasteiger charge is 2.33. The highest BCUT2D eigenvalue weighted by Crippen LogP contribution is 2.26. The first-order chi connectivity index (χ1) is 9.94. The first-order valence-corrected chi connectivity index (χ1v) is 6.67. The zero-order chi connectivity index (χ0) is 15.9. The third-order valence-corrected chi connectivity index (χ3v) is 3.20. The third kappa shape index (κ3) is 4.42. The number of hydrogen-bond acceptors (Lipinski definition) is 6. The van der Waals surface area contributed by atoms with Crippen LogP contribution in [0.2, 0.25) is 0 Å². The molecule has 0 aliphatic carbocycles. The topological polar surface area (TPSA) is 90.7 Å². The van der Waals surface area contributed by atoms with Crippen molar-refractivity contribution in [1.29, 1.82) is 0 Å². The zero-order valence-corrected chi connectivity index (χ0v) is 12.4. The fourth-order valence-electron chi connectivity index (χ4n) is 1.71. The summed E-state index contributed by atoms with van der Waals surface area (Å²) in [7, 11) is 1.65. The van der Waals surface area contributed by atoms with E-state index in [0.29, 0.717) is 13.0 Å². The van der Waals surface area contributed by atoms with E-state index in [9.17, 15) is 14.9 Å². The van der Waals surface area contributed by atoms with Crippen LogP contribution in [0.5, 0.6) is 5.75 Å². The predicted octanol–water partition coefficient (Wildman–Crippen LogP) is 1.90. The fourth-order valence-corrected chi connectivity index (χ4v) is 1.71. The van der Waals surface area contributed by atoms with Crippen molar-refractivity contribution < 1.29 is 19.2 Å². The van der Waals surface area contributed by atoms with Gasteiger partial charge < -0.3 is 14.8 Å². The molecule has 21 heavy (non-hydrogen) atoms. The number of rotatable bonds is 8. The number of carbonyl (C=O) groups excluding carboxylic acids is 1. The molecule has 7 heteroatoms. The Morgan fingerprint density at radius 1 is 1.43 bits per heavy atom. The summed E-state index contributed by atoms with van der Waals surface area (Å²) in [5.41, 5.74) is -0.987. The lowest BCUT2D eigenvalue weighted by atomic mass is 9.99. The number of nitro groups is 1. The molecule has 0 radical (unpaired) electrons. The van der Waals surface area contributed by atoms with E-state index in [1.165, 1.54) is 12.1 Å². The summed E-state index contributed by atoms with van der Waals surface area (Å²) in [6.45, 7) is 3.88. The molecule has 0 aromatic heterocycles. The number of para-hydroxylation sites is 2. The smallest absolute Gasteiger partial charge is 0.326 e. The summed E-state index contributed by atoms with van der Waals surface area (Å²) in [6.07, 6.45) is 0.328. The van der Waals surface area contributed by atoms with Gasteiger partial charge >= 0.3 is 11.7 Å². The molecule has 116 valence electrons. The lowest BCUT2D eigenvalue weighted by molar-refractivity contribution is -0.385. The highest BCUT2D eigenvalue weighted by atomic mass is 16.6. The van der Waals surface area contributed by atoms with Crippen molar-refractivity contribution in [3.05, 3.63) is 34.4 Å². The Balaban J connectivity index is 2.67. The molecule has 1 aromatic carbocycles. The molecule has 0 aliphatic rings. The third-order valence-electron chi connectivity index (χ3n) is 3.20. The van der Waals surface area contributed by atoms with Crippen LogP contribution in [0.3, 0.4) is 0 Å². The SMILES string of the molecule is CCOC(=O)C(C)(CCOc1ccccc1[N+](=O)[O-])NC. The summed E-state index contributed by atoms with van der Waals surface area (Å²) in [5.74, 6) is -0.191. The summed E-state index contributed by atoms with van der Waals surface area (Å²) < 4.78 is 10.4. The van der Waals surface area contributed by atoms with Crippen LogP contribution in [0, 0.1) is 10.1 Å². The maximum absolute atomic E-state index is 11.9. The minimum atomic E-state index is -0.889. The predicted molar refractivity (Wildman–Crippen MR) is 77.3 cm³/mol. The normalized spacial score (nSPS) is 13.3. The Hall–Kier alpha value is -2.15. The Bertz CT molecular complexity index is 506. The van der Waals surface area contributed by atoms with Gasteiger partial charge in [-0.15, -0.1) is 0 Å². The standard InChI is InChI=1S/C14H20N2O5/c1-4-20-13(17)14(2,15-3)9-10-21-12-8-6-5-7-11(12)16(18)19/h5-8,15H,4,9-10H2,1-3H3. The van der Waals surface area contributed by atoms with Crippen LogP contribution >= 0.6 is 0 Å². The quantitative estimate of drug-likeness (QED) is 0.447. The van der Waals surface area contributed by atoms with Crippen molar-refractivity contribution in [2.75, 3.05) is 20.3 Å². The van der Waals surface area contributed by atoms with Gasteiger partial charge in [0.25, 0.3) is 0 Å². The average Bonchev–Trinajstić information content (AvgIpc) is 2.47. The van der Waals surface area contributed by atoms with Gasteiger partial charge in [0.2, 0.25) is 0 Å². The van der Waals surface area contributed by atoms with E-state index in [-0.39, 0.29) is 24.0 Å². The van der Waals surface area contributed by atoms with Gasteiger partial charge in [0, 0.05) is 12.5 Å². The molecule has 0 bridgehead atoms. The van der Waals surface area contributed by atoms with Crippen LogP contribution in [-0.2, 0) is 9.53 Å². The molecule has 0 amide bonds. The van der Waals surface area contributed by atoms with E-state index < -0.39 is 10.5 Å². The number of benzene rings is 1. The lowest BCUT2D eigenvalue weighted by Gasteiger charge is -2.26. The van der Waals surface area contributed by atoms with E-state index in [0.717, 1.165) is 0 Å². The van der Waals surface area contributed by atoms with E-state index in [4.69, 9.17) is 9.47 Å². The molecule has 0 aliphatic heterocycles. The maximum atomic E-state index is 11.9. The van der Waals surface area contributed by atoms with Crippen LogP contribution in [0.4, 0.5) is 5.69 Å². The number of carbonyl (C=O) groups is 1. The maximum Gasteiger partial charge on any atom is 0.326 e. The second-order valence-electron chi connectivity index (χ2n) is 4.63. The molecule has 1 rings (SSSR count). The first-order valence-electron chi connectivity index (χ1n) is 6.67. The molecule has 1 N–H and O–H groups in total. The van der Waals surface area contributed by atoms with Gasteiger partial charge in [0.05, 0.1) is 18.1 Å². The van der Waals surface area contributed by atoms with Crippen molar-refractivity contribution in [3.63, 3.8) is 0 Å². The number of ether oxygens (including phenoxy) is 2. The van der Waals surface area contributed by atoms with Gasteiger partial charge in [-0.25, -0.2) is 0 Å². The minimum Gasteiger partial charge on any atom is -0.487 e. The molecule has 1 unspecified atom stereocenters. The van der Waals surface area contributed by atoms with Crippen LogP contribution < -0.4 is 10.1 Å². The van der Waals surface area contributed by atoms with E-state index in [2.05, 4.69) is 5.32 Å². The van der Waals surface area contributed by atoms with E-state index in [1.807, 2.05) is 0 Å². The highest BCUT2D eigenvalue weighted by molar-refractivity contribution is 5.80. The Morgan fingerprint density at radius 2 is 2.10 bits per heavy atom. The number of nitrogens with one attached hydrogen (secondary N) is 1. The number of hydrogen-bond donors (Lipinski definition) is 1. The summed E-state index contributed by atoms with van der Waals surface area (Å²) in [6, 6.07) is 6.13. The van der Waals surface area contributed by atoms with Gasteiger partial charge in [-0.05, 0) is 27.0 Å². The van der Waals surface area contributed by atoms with Gasteiger partial charge in [-0.3, -0.25) is 14.9 Å². The van der Waals surface area contributed by atoms with Crippen molar-refractivity contribution >= 4 is 11.7 Å². The molecule has 0 saturated carbocycles. The molecule has 1 atom stereocenters. The lowest BCUT2D eigenvalue weighted by Crippen LogP contribution is -2.49. The summed E-state index contributed by atoms with van der Waals surface area (Å²) >= 11 is 0. The van der Waals surface area contributed by atoms with Crippen LogP contribution in [0.1, 0.15) is 20.3 Å². The largest absolute Gasteiger partial charge is 0.487 e. The Labute approximate surface area is 123 Å². The van der Waals surface area contributed by atoms with Gasteiger partial charge in [-0.2, -0.15) is 0 Å². The van der Waals surface area contributed by atoms with Crippen LogP contribution in [-0.4, -0.2) is 36.7 Å². The van der Waals surface area contributed by atoms with Crippen molar-refractivity contribution in [3.8, 4) is 5.75 Å². The monoisotopic (exact) mass is 296 g/mol. The van der Waals surface area contributed by atoms with E-state index in [1.54, 1.807) is 33.0 Å². The fraction of sp³-hybridized carbons (Fsp3) is 0.500. The van der Waals surface area contributed by atoms with Gasteiger partial charge in [0.15, 0.2) is 5.75 Å². The summed E-state index contributed by atoms with van der Waals surface area (Å²) in [5, 5.41) is 13.8. The molecule has 0 saturated heterocycles. The van der Waals surface area contributed by atoms with Crippen molar-refractivity contribution in [2.45, 2.75) is 25.8 Å². The molecular weight excluding hydrogens is 276 g/mol. The number of nitrogens with zero attached hydrogens (tertiary/aromatic N) is 1. The molecule has 1 aromatic rings. The average molecular weight is 296 g/mol. The van der Waals surface area contributed by atoms with Gasteiger partial charge in [-0.1, -0.05) is 12.1 Å². The molecular formula is C14H20N2O5.